The summed E-state index contributed by atoms with van der Waals surface area (Å²) < 4.78 is 5.37. The molecule has 2 aliphatic rings. The number of nitrogens with zero attached hydrogens (tertiary/aromatic N) is 1. The first-order valence-electron chi connectivity index (χ1n) is 6.89. The molecule has 0 amide bonds. The van der Waals surface area contributed by atoms with Gasteiger partial charge in [0, 0.05) is 32.3 Å². The van der Waals surface area contributed by atoms with Crippen LogP contribution in [-0.4, -0.2) is 50.3 Å². The summed E-state index contributed by atoms with van der Waals surface area (Å²) in [5, 5.41) is 3.61. The van der Waals surface area contributed by atoms with Gasteiger partial charge in [-0.25, -0.2) is 0 Å². The zero-order valence-corrected chi connectivity index (χ0v) is 10.6. The summed E-state index contributed by atoms with van der Waals surface area (Å²) in [7, 11) is 0. The minimum atomic E-state index is 0.810. The van der Waals surface area contributed by atoms with Gasteiger partial charge in [-0.1, -0.05) is 0 Å². The predicted octanol–water partition coefficient (Wildman–Crippen LogP) is 1.49. The van der Waals surface area contributed by atoms with Crippen molar-refractivity contribution in [2.75, 3.05) is 39.4 Å². The van der Waals surface area contributed by atoms with Crippen LogP contribution in [0.25, 0.3) is 0 Å². The van der Waals surface area contributed by atoms with Crippen LogP contribution in [0.3, 0.4) is 0 Å². The molecule has 1 N–H and O–H groups in total. The van der Waals surface area contributed by atoms with Crippen molar-refractivity contribution in [3.8, 4) is 0 Å². The van der Waals surface area contributed by atoms with Crippen molar-refractivity contribution in [3.05, 3.63) is 0 Å². The van der Waals surface area contributed by atoms with Gasteiger partial charge in [0.25, 0.3) is 0 Å². The van der Waals surface area contributed by atoms with Gasteiger partial charge in [0.2, 0.25) is 0 Å². The largest absolute Gasteiger partial charge is 0.381 e. The van der Waals surface area contributed by atoms with Gasteiger partial charge in [-0.15, -0.1) is 0 Å². The number of rotatable bonds is 5. The zero-order chi connectivity index (χ0) is 11.2. The Kier molecular flexibility index (Phi) is 5.07. The van der Waals surface area contributed by atoms with Crippen molar-refractivity contribution < 1.29 is 4.74 Å². The molecule has 0 bridgehead atoms. The fraction of sp³-hybridized carbons (Fsp3) is 1.00. The molecule has 16 heavy (non-hydrogen) atoms. The van der Waals surface area contributed by atoms with E-state index in [-0.39, 0.29) is 0 Å². The van der Waals surface area contributed by atoms with Crippen molar-refractivity contribution >= 4 is 0 Å². The molecule has 2 rings (SSSR count). The molecular weight excluding hydrogens is 200 g/mol. The summed E-state index contributed by atoms with van der Waals surface area (Å²) >= 11 is 0. The van der Waals surface area contributed by atoms with Crippen LogP contribution < -0.4 is 5.32 Å². The molecule has 2 heterocycles. The zero-order valence-electron chi connectivity index (χ0n) is 10.6. The Morgan fingerprint density at radius 3 is 2.75 bits per heavy atom. The molecule has 3 nitrogen and oxygen atoms in total. The molecule has 2 fully saturated rings. The third-order valence-corrected chi connectivity index (χ3v) is 4.04. The maximum absolute atomic E-state index is 5.37. The number of ether oxygens (including phenoxy) is 1. The fourth-order valence-corrected chi connectivity index (χ4v) is 2.80. The van der Waals surface area contributed by atoms with Crippen LogP contribution >= 0.6 is 0 Å². The lowest BCUT2D eigenvalue weighted by Crippen LogP contribution is -2.36. The van der Waals surface area contributed by atoms with Crippen molar-refractivity contribution in [2.24, 2.45) is 5.92 Å². The monoisotopic (exact) mass is 226 g/mol. The Balaban J connectivity index is 1.51. The minimum absolute atomic E-state index is 0.810. The van der Waals surface area contributed by atoms with E-state index in [4.69, 9.17) is 4.74 Å². The standard InChI is InChI=1S/C13H26N2O/c1-12-3-2-7-15(12)8-6-14-11-13-4-9-16-10-5-13/h12-14H,2-11H2,1H3. The molecule has 2 aliphatic heterocycles. The number of hydrogen-bond acceptors (Lipinski definition) is 3. The third-order valence-electron chi connectivity index (χ3n) is 4.04. The average molecular weight is 226 g/mol. The van der Waals surface area contributed by atoms with Gasteiger partial charge < -0.3 is 10.1 Å². The third kappa shape index (κ3) is 3.72. The topological polar surface area (TPSA) is 24.5 Å². The maximum Gasteiger partial charge on any atom is 0.0469 e. The first-order chi connectivity index (χ1) is 7.86. The highest BCUT2D eigenvalue weighted by atomic mass is 16.5. The Morgan fingerprint density at radius 1 is 1.25 bits per heavy atom. The van der Waals surface area contributed by atoms with Gasteiger partial charge >= 0.3 is 0 Å². The van der Waals surface area contributed by atoms with Crippen LogP contribution in [0.5, 0.6) is 0 Å². The van der Waals surface area contributed by atoms with Crippen LogP contribution in [0, 0.1) is 5.92 Å². The van der Waals surface area contributed by atoms with E-state index < -0.39 is 0 Å². The van der Waals surface area contributed by atoms with Gasteiger partial charge in [0.05, 0.1) is 0 Å². The molecule has 2 saturated heterocycles. The highest BCUT2D eigenvalue weighted by molar-refractivity contribution is 4.75. The highest BCUT2D eigenvalue weighted by Gasteiger charge is 2.19. The van der Waals surface area contributed by atoms with E-state index >= 15 is 0 Å². The lowest BCUT2D eigenvalue weighted by atomic mass is 10.0. The first kappa shape index (κ1) is 12.3. The summed E-state index contributed by atoms with van der Waals surface area (Å²) in [6, 6.07) is 0.810. The predicted molar refractivity (Wildman–Crippen MR) is 66.7 cm³/mol. The van der Waals surface area contributed by atoms with E-state index in [2.05, 4.69) is 17.1 Å². The van der Waals surface area contributed by atoms with Gasteiger partial charge in [0.1, 0.15) is 0 Å². The van der Waals surface area contributed by atoms with E-state index in [1.165, 1.54) is 45.3 Å². The summed E-state index contributed by atoms with van der Waals surface area (Å²) in [6.07, 6.45) is 5.27. The van der Waals surface area contributed by atoms with Gasteiger partial charge in [-0.2, -0.15) is 0 Å². The Labute approximate surface area is 99.5 Å². The van der Waals surface area contributed by atoms with Crippen LogP contribution in [-0.2, 0) is 4.74 Å². The number of nitrogens with one attached hydrogen (secondary N) is 1. The van der Waals surface area contributed by atoms with Crippen molar-refractivity contribution in [2.45, 2.75) is 38.6 Å². The summed E-state index contributed by atoms with van der Waals surface area (Å²) in [4.78, 5) is 2.61. The summed E-state index contributed by atoms with van der Waals surface area (Å²) in [5.41, 5.74) is 0. The van der Waals surface area contributed by atoms with E-state index in [0.717, 1.165) is 31.7 Å². The molecule has 1 unspecified atom stereocenters. The maximum atomic E-state index is 5.37. The van der Waals surface area contributed by atoms with E-state index in [9.17, 15) is 0 Å². The number of likely N-dealkylation sites (tertiary alicyclic amines) is 1. The molecule has 0 spiro atoms. The molecule has 0 radical (unpaired) electrons. The van der Waals surface area contributed by atoms with Crippen LogP contribution in [0.15, 0.2) is 0 Å². The van der Waals surface area contributed by atoms with Crippen LogP contribution in [0.2, 0.25) is 0 Å². The van der Waals surface area contributed by atoms with Crippen LogP contribution in [0.1, 0.15) is 32.6 Å². The van der Waals surface area contributed by atoms with Crippen molar-refractivity contribution in [1.82, 2.24) is 10.2 Å². The highest BCUT2D eigenvalue weighted by Crippen LogP contribution is 2.15. The molecule has 94 valence electrons. The van der Waals surface area contributed by atoms with Crippen molar-refractivity contribution in [1.29, 1.82) is 0 Å². The molecule has 1 atom stereocenters. The van der Waals surface area contributed by atoms with E-state index in [0.29, 0.717) is 0 Å². The minimum Gasteiger partial charge on any atom is -0.381 e. The van der Waals surface area contributed by atoms with Gasteiger partial charge in [0.15, 0.2) is 0 Å². The van der Waals surface area contributed by atoms with E-state index in [1.807, 2.05) is 0 Å². The molecule has 3 heteroatoms. The summed E-state index contributed by atoms with van der Waals surface area (Å²) in [5.74, 6) is 0.852. The quantitative estimate of drug-likeness (QED) is 0.719. The van der Waals surface area contributed by atoms with Gasteiger partial charge in [-0.3, -0.25) is 4.90 Å². The molecule has 0 saturated carbocycles. The smallest absolute Gasteiger partial charge is 0.0469 e. The molecule has 0 aromatic carbocycles. The fourth-order valence-electron chi connectivity index (χ4n) is 2.80. The first-order valence-corrected chi connectivity index (χ1v) is 6.89. The Bertz CT molecular complexity index is 192. The Hall–Kier alpha value is -0.120. The Morgan fingerprint density at radius 2 is 2.06 bits per heavy atom. The SMILES string of the molecule is CC1CCCN1CCNCC1CCOCC1. The molecule has 0 aromatic heterocycles. The van der Waals surface area contributed by atoms with Crippen LogP contribution in [0.4, 0.5) is 0 Å². The van der Waals surface area contributed by atoms with Crippen molar-refractivity contribution in [3.63, 3.8) is 0 Å². The average Bonchev–Trinajstić information content (AvgIpc) is 2.72. The number of hydrogen-bond donors (Lipinski definition) is 1. The molecular formula is C13H26N2O. The second-order valence-corrected chi connectivity index (χ2v) is 5.29. The second-order valence-electron chi connectivity index (χ2n) is 5.29. The second kappa shape index (κ2) is 6.58. The van der Waals surface area contributed by atoms with Gasteiger partial charge in [-0.05, 0) is 51.6 Å². The summed E-state index contributed by atoms with van der Waals surface area (Å²) in [6.45, 7) is 9.16. The molecule has 0 aromatic rings. The lowest BCUT2D eigenvalue weighted by Gasteiger charge is -2.24. The lowest BCUT2D eigenvalue weighted by molar-refractivity contribution is 0.0661. The molecule has 0 aliphatic carbocycles. The van der Waals surface area contributed by atoms with E-state index in [1.54, 1.807) is 0 Å². The normalized spacial score (nSPS) is 28.7.